The Labute approximate surface area is 158 Å². The molecule has 1 N–H and O–H groups in total. The molecule has 0 aliphatic carbocycles. The Morgan fingerprint density at radius 1 is 1.30 bits per heavy atom. The molecule has 1 amide bonds. The first-order valence-corrected chi connectivity index (χ1v) is 8.48. The van der Waals surface area contributed by atoms with Crippen molar-refractivity contribution in [3.8, 4) is 23.1 Å². The van der Waals surface area contributed by atoms with Gasteiger partial charge in [-0.15, -0.1) is 0 Å². The van der Waals surface area contributed by atoms with Crippen LogP contribution >= 0.6 is 0 Å². The number of amides is 1. The molecule has 0 radical (unpaired) electrons. The van der Waals surface area contributed by atoms with Crippen molar-refractivity contribution in [3.05, 3.63) is 53.2 Å². The molecule has 27 heavy (non-hydrogen) atoms. The van der Waals surface area contributed by atoms with Gasteiger partial charge in [-0.3, -0.25) is 4.79 Å². The molecule has 1 heterocycles. The first-order valence-electron chi connectivity index (χ1n) is 8.48. The van der Waals surface area contributed by atoms with E-state index in [1.54, 1.807) is 38.2 Å². The summed E-state index contributed by atoms with van der Waals surface area (Å²) in [5.41, 5.74) is 2.98. The number of aryl methyl sites for hydroxylation is 1. The number of benzene rings is 1. The molecule has 0 bridgehead atoms. The summed E-state index contributed by atoms with van der Waals surface area (Å²) in [4.78, 5) is 29.5. The second-order valence-corrected chi connectivity index (χ2v) is 5.96. The molecule has 1 aromatic heterocycles. The zero-order valence-electron chi connectivity index (χ0n) is 15.8. The van der Waals surface area contributed by atoms with E-state index in [-0.39, 0.29) is 5.69 Å². The van der Waals surface area contributed by atoms with E-state index in [2.05, 4.69) is 16.8 Å². The highest BCUT2D eigenvalue weighted by Crippen LogP contribution is 2.20. The van der Waals surface area contributed by atoms with Gasteiger partial charge in [0.05, 0.1) is 12.8 Å². The molecular formula is C21H22N2O4. The molecule has 0 spiro atoms. The van der Waals surface area contributed by atoms with E-state index in [0.29, 0.717) is 17.8 Å². The number of aromatic nitrogens is 1. The van der Waals surface area contributed by atoms with Crippen molar-refractivity contribution in [2.45, 2.75) is 20.0 Å². The van der Waals surface area contributed by atoms with Gasteiger partial charge in [-0.25, -0.2) is 9.78 Å². The number of nitrogens with zero attached hydrogens (tertiary/aromatic N) is 2. The number of ether oxygens (including phenoxy) is 1. The van der Waals surface area contributed by atoms with Gasteiger partial charge in [0.25, 0.3) is 5.91 Å². The quantitative estimate of drug-likeness (QED) is 0.662. The van der Waals surface area contributed by atoms with Crippen LogP contribution in [0, 0.1) is 18.8 Å². The van der Waals surface area contributed by atoms with Gasteiger partial charge in [-0.2, -0.15) is 0 Å². The Balaban J connectivity index is 2.30. The summed E-state index contributed by atoms with van der Waals surface area (Å²) >= 11 is 0. The highest BCUT2D eigenvalue weighted by molar-refractivity contribution is 5.89. The van der Waals surface area contributed by atoms with Gasteiger partial charge >= 0.3 is 5.97 Å². The zero-order chi connectivity index (χ0) is 20.0. The monoisotopic (exact) mass is 366 g/mol. The summed E-state index contributed by atoms with van der Waals surface area (Å²) in [7, 11) is 2.92. The molecule has 0 unspecified atom stereocenters. The minimum absolute atomic E-state index is 0.259. The lowest BCUT2D eigenvalue weighted by Gasteiger charge is -2.15. The fraction of sp³-hybridized carbons (Fsp3) is 0.286. The summed E-state index contributed by atoms with van der Waals surface area (Å²) in [6, 6.07) is 10.8. The number of pyridine rings is 1. The molecule has 0 fully saturated rings. The van der Waals surface area contributed by atoms with Gasteiger partial charge in [0.1, 0.15) is 0 Å². The maximum Gasteiger partial charge on any atom is 0.356 e. The van der Waals surface area contributed by atoms with Crippen LogP contribution in [-0.2, 0) is 9.53 Å². The first kappa shape index (κ1) is 20.1. The second-order valence-electron chi connectivity index (χ2n) is 5.96. The summed E-state index contributed by atoms with van der Waals surface area (Å²) in [5.74, 6) is 4.43. The molecule has 0 saturated heterocycles. The maximum atomic E-state index is 11.9. The number of hydrogen-bond acceptors (Lipinski definition) is 5. The Hall–Kier alpha value is -3.17. The number of rotatable bonds is 4. The maximum absolute atomic E-state index is 11.9. The SMILES string of the molecule is CCN(C)C(=O)[C@H](O)C#Cc1cccc(-c2ccc(C)c(C(=O)OC)n2)c1. The van der Waals surface area contributed by atoms with Crippen LogP contribution in [-0.4, -0.2) is 53.7 Å². The fourth-order valence-corrected chi connectivity index (χ4v) is 2.33. The molecule has 140 valence electrons. The zero-order valence-corrected chi connectivity index (χ0v) is 15.8. The smallest absolute Gasteiger partial charge is 0.356 e. The van der Waals surface area contributed by atoms with Crippen molar-refractivity contribution >= 4 is 11.9 Å². The minimum atomic E-state index is -1.37. The Kier molecular flexibility index (Phi) is 6.69. The predicted octanol–water partition coefficient (Wildman–Crippen LogP) is 2.03. The summed E-state index contributed by atoms with van der Waals surface area (Å²) in [5, 5.41) is 9.89. The third-order valence-corrected chi connectivity index (χ3v) is 4.07. The van der Waals surface area contributed by atoms with Crippen molar-refractivity contribution in [1.82, 2.24) is 9.88 Å². The summed E-state index contributed by atoms with van der Waals surface area (Å²) in [6.45, 7) is 4.10. The van der Waals surface area contributed by atoms with Gasteiger partial charge in [-0.05, 0) is 37.6 Å². The normalized spacial score (nSPS) is 11.1. The molecule has 0 saturated carbocycles. The average Bonchev–Trinajstić information content (AvgIpc) is 2.70. The van der Waals surface area contributed by atoms with Crippen LogP contribution in [0.3, 0.4) is 0 Å². The van der Waals surface area contributed by atoms with E-state index in [9.17, 15) is 14.7 Å². The standard InChI is InChI=1S/C21H22N2O4/c1-5-23(3)20(25)18(24)12-10-15-7-6-8-16(13-15)17-11-9-14(2)19(22-17)21(26)27-4/h6-9,11,13,18,24H,5H2,1-4H3/t18-/m1/s1. The summed E-state index contributed by atoms with van der Waals surface area (Å²) in [6.07, 6.45) is -1.37. The van der Waals surface area contributed by atoms with Gasteiger partial charge in [0.15, 0.2) is 11.8 Å². The van der Waals surface area contributed by atoms with Gasteiger partial charge < -0.3 is 14.7 Å². The first-order chi connectivity index (χ1) is 12.9. The van der Waals surface area contributed by atoms with Crippen molar-refractivity contribution in [1.29, 1.82) is 0 Å². The Morgan fingerprint density at radius 3 is 2.70 bits per heavy atom. The highest BCUT2D eigenvalue weighted by Gasteiger charge is 2.15. The molecule has 1 aromatic carbocycles. The largest absolute Gasteiger partial charge is 0.464 e. The van der Waals surface area contributed by atoms with Crippen LogP contribution < -0.4 is 0 Å². The number of methoxy groups -OCH3 is 1. The van der Waals surface area contributed by atoms with Crippen LogP contribution in [0.25, 0.3) is 11.3 Å². The number of hydrogen-bond donors (Lipinski definition) is 1. The highest BCUT2D eigenvalue weighted by atomic mass is 16.5. The predicted molar refractivity (Wildman–Crippen MR) is 102 cm³/mol. The lowest BCUT2D eigenvalue weighted by molar-refractivity contribution is -0.135. The van der Waals surface area contributed by atoms with Crippen molar-refractivity contribution in [3.63, 3.8) is 0 Å². The number of aliphatic hydroxyl groups excluding tert-OH is 1. The molecular weight excluding hydrogens is 344 g/mol. The Bertz CT molecular complexity index is 912. The number of esters is 1. The summed E-state index contributed by atoms with van der Waals surface area (Å²) < 4.78 is 4.76. The molecule has 6 heteroatoms. The fourth-order valence-electron chi connectivity index (χ4n) is 2.33. The van der Waals surface area contributed by atoms with E-state index >= 15 is 0 Å². The van der Waals surface area contributed by atoms with Crippen LogP contribution in [0.5, 0.6) is 0 Å². The van der Waals surface area contributed by atoms with Gasteiger partial charge in [-0.1, -0.05) is 30.0 Å². The number of likely N-dealkylation sites (N-methyl/N-ethyl adjacent to an activating group) is 1. The number of aliphatic hydroxyl groups is 1. The van der Waals surface area contributed by atoms with Crippen LogP contribution in [0.2, 0.25) is 0 Å². The van der Waals surface area contributed by atoms with Crippen LogP contribution in [0.15, 0.2) is 36.4 Å². The molecule has 6 nitrogen and oxygen atoms in total. The van der Waals surface area contributed by atoms with E-state index < -0.39 is 18.0 Å². The third-order valence-electron chi connectivity index (χ3n) is 4.07. The van der Waals surface area contributed by atoms with E-state index in [1.807, 2.05) is 19.1 Å². The van der Waals surface area contributed by atoms with E-state index in [4.69, 9.17) is 4.74 Å². The third kappa shape index (κ3) is 4.93. The molecule has 2 rings (SSSR count). The Morgan fingerprint density at radius 2 is 2.04 bits per heavy atom. The van der Waals surface area contributed by atoms with Crippen molar-refractivity contribution in [2.75, 3.05) is 20.7 Å². The van der Waals surface area contributed by atoms with Crippen molar-refractivity contribution < 1.29 is 19.4 Å². The lowest BCUT2D eigenvalue weighted by Crippen LogP contribution is -2.35. The average molecular weight is 366 g/mol. The minimum Gasteiger partial charge on any atom is -0.464 e. The van der Waals surface area contributed by atoms with Crippen LogP contribution in [0.1, 0.15) is 28.5 Å². The lowest BCUT2D eigenvalue weighted by atomic mass is 10.1. The van der Waals surface area contributed by atoms with E-state index in [1.165, 1.54) is 12.0 Å². The van der Waals surface area contributed by atoms with E-state index in [0.717, 1.165) is 11.1 Å². The molecule has 2 aromatic rings. The number of carbonyl (C=O) groups excluding carboxylic acids is 2. The topological polar surface area (TPSA) is 79.7 Å². The molecule has 0 aliphatic rings. The number of carbonyl (C=O) groups is 2. The van der Waals surface area contributed by atoms with Crippen LogP contribution in [0.4, 0.5) is 0 Å². The second kappa shape index (κ2) is 8.97. The van der Waals surface area contributed by atoms with Gasteiger partial charge in [0, 0.05) is 24.7 Å². The molecule has 0 aliphatic heterocycles. The van der Waals surface area contributed by atoms with Gasteiger partial charge in [0.2, 0.25) is 0 Å². The molecule has 1 atom stereocenters. The van der Waals surface area contributed by atoms with Crippen molar-refractivity contribution in [2.24, 2.45) is 0 Å².